The first-order valence-electron chi connectivity index (χ1n) is 7.61. The van der Waals surface area contributed by atoms with Crippen LogP contribution in [0.15, 0.2) is 24.3 Å². The quantitative estimate of drug-likeness (QED) is 0.758. The predicted octanol–water partition coefficient (Wildman–Crippen LogP) is 2.96. The van der Waals surface area contributed by atoms with Crippen molar-refractivity contribution in [3.63, 3.8) is 0 Å². The molecule has 4 nitrogen and oxygen atoms in total. The molecule has 2 bridgehead atoms. The summed E-state index contributed by atoms with van der Waals surface area (Å²) in [5.74, 6) is 0.992. The summed E-state index contributed by atoms with van der Waals surface area (Å²) in [5.41, 5.74) is 0.926. The minimum absolute atomic E-state index is 0.339. The van der Waals surface area contributed by atoms with Gasteiger partial charge >= 0.3 is 0 Å². The number of hydrogen-bond acceptors (Lipinski definition) is 4. The lowest BCUT2D eigenvalue weighted by Gasteiger charge is -2.27. The third-order valence-corrected chi connectivity index (χ3v) is 5.17. The monoisotopic (exact) mass is 302 g/mol. The van der Waals surface area contributed by atoms with Crippen LogP contribution in [0, 0.1) is 0 Å². The molecule has 2 saturated heterocycles. The Morgan fingerprint density at radius 3 is 2.81 bits per heavy atom. The van der Waals surface area contributed by atoms with Gasteiger partial charge in [-0.05, 0) is 50.0 Å². The zero-order chi connectivity index (χ0) is 14.4. The van der Waals surface area contributed by atoms with E-state index in [-0.39, 0.29) is 0 Å². The molecule has 2 aliphatic rings. The highest BCUT2D eigenvalue weighted by molar-refractivity contribution is 6.28. The average molecular weight is 303 g/mol. The summed E-state index contributed by atoms with van der Waals surface area (Å²) in [5, 5.41) is 1.44. The van der Waals surface area contributed by atoms with Crippen LogP contribution >= 0.6 is 11.6 Å². The first-order valence-corrected chi connectivity index (χ1v) is 7.99. The molecule has 2 aliphatic heterocycles. The fraction of sp³-hybridized carbons (Fsp3) is 0.500. The van der Waals surface area contributed by atoms with E-state index < -0.39 is 0 Å². The molecule has 3 heterocycles. The first kappa shape index (κ1) is 13.3. The second kappa shape index (κ2) is 5.11. The Balaban J connectivity index is 1.76. The van der Waals surface area contributed by atoms with Crippen molar-refractivity contribution in [1.29, 1.82) is 0 Å². The molecule has 0 amide bonds. The Morgan fingerprint density at radius 2 is 1.90 bits per heavy atom. The second-order valence-corrected chi connectivity index (χ2v) is 6.46. The van der Waals surface area contributed by atoms with E-state index in [9.17, 15) is 0 Å². The number of aromatic nitrogens is 2. The molecule has 21 heavy (non-hydrogen) atoms. The zero-order valence-electron chi connectivity index (χ0n) is 12.2. The highest BCUT2D eigenvalue weighted by atomic mass is 35.5. The number of anilines is 1. The van der Waals surface area contributed by atoms with Crippen molar-refractivity contribution in [3.8, 4) is 0 Å². The molecule has 0 N–H and O–H groups in total. The minimum atomic E-state index is 0.339. The Morgan fingerprint density at radius 1 is 1.10 bits per heavy atom. The van der Waals surface area contributed by atoms with Crippen LogP contribution in [0.3, 0.4) is 0 Å². The van der Waals surface area contributed by atoms with E-state index in [1.807, 2.05) is 18.2 Å². The summed E-state index contributed by atoms with van der Waals surface area (Å²) in [6.45, 7) is 2.08. The second-order valence-electron chi connectivity index (χ2n) is 6.12. The van der Waals surface area contributed by atoms with Gasteiger partial charge < -0.3 is 4.90 Å². The number of fused-ring (bicyclic) bond motifs is 3. The van der Waals surface area contributed by atoms with E-state index >= 15 is 0 Å². The maximum absolute atomic E-state index is 6.13. The summed E-state index contributed by atoms with van der Waals surface area (Å²) < 4.78 is 0. The molecule has 0 spiro atoms. The van der Waals surface area contributed by atoms with Crippen LogP contribution < -0.4 is 4.90 Å². The fourth-order valence-electron chi connectivity index (χ4n) is 3.77. The Hall–Kier alpha value is -1.39. The van der Waals surface area contributed by atoms with Crippen LogP contribution in [0.4, 0.5) is 5.82 Å². The van der Waals surface area contributed by atoms with Crippen LogP contribution in [-0.4, -0.2) is 47.1 Å². The van der Waals surface area contributed by atoms with Crippen molar-refractivity contribution in [2.24, 2.45) is 0 Å². The first-order chi connectivity index (χ1) is 10.2. The number of nitrogens with zero attached hydrogens (tertiary/aromatic N) is 4. The lowest BCUT2D eigenvalue weighted by atomic mass is 10.1. The van der Waals surface area contributed by atoms with E-state index in [2.05, 4.69) is 32.9 Å². The van der Waals surface area contributed by atoms with Gasteiger partial charge in [0.2, 0.25) is 5.28 Å². The maximum Gasteiger partial charge on any atom is 0.224 e. The molecular weight excluding hydrogens is 284 g/mol. The third kappa shape index (κ3) is 2.27. The zero-order valence-corrected chi connectivity index (χ0v) is 12.9. The Bertz CT molecular complexity index is 674. The standard InChI is InChI=1S/C16H19ClN4/c1-20-11-6-7-12(20)10-21(9-8-11)15-13-4-2-3-5-14(13)18-16(17)19-15/h2-5,11-12H,6-10H2,1H3. The lowest BCUT2D eigenvalue weighted by Crippen LogP contribution is -2.37. The minimum Gasteiger partial charge on any atom is -0.354 e. The Labute approximate surface area is 129 Å². The van der Waals surface area contributed by atoms with Crippen molar-refractivity contribution in [2.75, 3.05) is 25.0 Å². The van der Waals surface area contributed by atoms with Crippen molar-refractivity contribution in [1.82, 2.24) is 14.9 Å². The summed E-state index contributed by atoms with van der Waals surface area (Å²) >= 11 is 6.13. The van der Waals surface area contributed by atoms with E-state index in [4.69, 9.17) is 11.6 Å². The van der Waals surface area contributed by atoms with Crippen molar-refractivity contribution < 1.29 is 0 Å². The van der Waals surface area contributed by atoms with Crippen LogP contribution in [-0.2, 0) is 0 Å². The predicted molar refractivity (Wildman–Crippen MR) is 86.0 cm³/mol. The molecular formula is C16H19ClN4. The highest BCUT2D eigenvalue weighted by Gasteiger charge is 2.35. The van der Waals surface area contributed by atoms with Gasteiger partial charge in [0.25, 0.3) is 0 Å². The van der Waals surface area contributed by atoms with Gasteiger partial charge in [0, 0.05) is 30.6 Å². The summed E-state index contributed by atoms with van der Waals surface area (Å²) in [7, 11) is 2.26. The van der Waals surface area contributed by atoms with Crippen molar-refractivity contribution >= 4 is 28.3 Å². The van der Waals surface area contributed by atoms with Crippen LogP contribution in [0.5, 0.6) is 0 Å². The molecule has 2 atom stereocenters. The number of rotatable bonds is 1. The molecule has 4 rings (SSSR count). The van der Waals surface area contributed by atoms with Crippen molar-refractivity contribution in [3.05, 3.63) is 29.5 Å². The molecule has 2 aromatic rings. The third-order valence-electron chi connectivity index (χ3n) is 5.00. The molecule has 1 aromatic carbocycles. The topological polar surface area (TPSA) is 32.3 Å². The van der Waals surface area contributed by atoms with Gasteiger partial charge in [-0.2, -0.15) is 4.98 Å². The number of likely N-dealkylation sites (N-methyl/N-ethyl adjacent to an activating group) is 1. The van der Waals surface area contributed by atoms with Gasteiger partial charge in [-0.15, -0.1) is 0 Å². The molecule has 2 unspecified atom stereocenters. The number of benzene rings is 1. The van der Waals surface area contributed by atoms with Crippen LogP contribution in [0.2, 0.25) is 5.28 Å². The normalized spacial score (nSPS) is 26.3. The van der Waals surface area contributed by atoms with Gasteiger partial charge in [-0.25, -0.2) is 4.98 Å². The van der Waals surface area contributed by atoms with Gasteiger partial charge in [-0.1, -0.05) is 12.1 Å². The smallest absolute Gasteiger partial charge is 0.224 e. The lowest BCUT2D eigenvalue weighted by molar-refractivity contribution is 0.254. The summed E-state index contributed by atoms with van der Waals surface area (Å²) in [6.07, 6.45) is 3.82. The summed E-state index contributed by atoms with van der Waals surface area (Å²) in [4.78, 5) is 13.8. The number of para-hydroxylation sites is 1. The molecule has 0 aliphatic carbocycles. The summed E-state index contributed by atoms with van der Waals surface area (Å²) in [6, 6.07) is 9.48. The van der Waals surface area contributed by atoms with Gasteiger partial charge in [0.1, 0.15) is 5.82 Å². The molecule has 2 fully saturated rings. The fourth-order valence-corrected chi connectivity index (χ4v) is 3.95. The van der Waals surface area contributed by atoms with E-state index in [0.29, 0.717) is 11.3 Å². The molecule has 0 saturated carbocycles. The van der Waals surface area contributed by atoms with E-state index in [0.717, 1.165) is 35.9 Å². The van der Waals surface area contributed by atoms with Crippen LogP contribution in [0.1, 0.15) is 19.3 Å². The Kier molecular flexibility index (Phi) is 3.23. The van der Waals surface area contributed by atoms with Gasteiger partial charge in [-0.3, -0.25) is 4.90 Å². The largest absolute Gasteiger partial charge is 0.354 e. The molecule has 0 radical (unpaired) electrons. The highest BCUT2D eigenvalue weighted by Crippen LogP contribution is 2.32. The number of hydrogen-bond donors (Lipinski definition) is 0. The molecule has 110 valence electrons. The maximum atomic E-state index is 6.13. The van der Waals surface area contributed by atoms with Gasteiger partial charge in [0.05, 0.1) is 5.52 Å². The SMILES string of the molecule is CN1C2CCC1CN(c1nc(Cl)nc3ccccc13)CC2. The molecule has 1 aromatic heterocycles. The van der Waals surface area contributed by atoms with Crippen LogP contribution in [0.25, 0.3) is 10.9 Å². The van der Waals surface area contributed by atoms with E-state index in [1.54, 1.807) is 0 Å². The van der Waals surface area contributed by atoms with Gasteiger partial charge in [0.15, 0.2) is 0 Å². The molecule has 5 heteroatoms. The van der Waals surface area contributed by atoms with Crippen molar-refractivity contribution in [2.45, 2.75) is 31.3 Å². The average Bonchev–Trinajstić information content (AvgIpc) is 2.71. The number of halogens is 1. The van der Waals surface area contributed by atoms with E-state index in [1.165, 1.54) is 19.3 Å².